The third-order valence-electron chi connectivity index (χ3n) is 3.06. The Labute approximate surface area is 125 Å². The summed E-state index contributed by atoms with van der Waals surface area (Å²) in [6, 6.07) is 8.22. The highest BCUT2D eigenvalue weighted by molar-refractivity contribution is 7.92. The molecule has 22 heavy (non-hydrogen) atoms. The second-order valence-electron chi connectivity index (χ2n) is 4.54. The van der Waals surface area contributed by atoms with Crippen LogP contribution in [0.3, 0.4) is 0 Å². The van der Waals surface area contributed by atoms with Crippen LogP contribution >= 0.6 is 0 Å². The van der Waals surface area contributed by atoms with Gasteiger partial charge in [0.1, 0.15) is 5.82 Å². The zero-order chi connectivity index (χ0) is 15.9. The Morgan fingerprint density at radius 1 is 1.05 bits per heavy atom. The predicted octanol–water partition coefficient (Wildman–Crippen LogP) is 0.887. The van der Waals surface area contributed by atoms with Crippen molar-refractivity contribution in [3.8, 4) is 0 Å². The van der Waals surface area contributed by atoms with Crippen LogP contribution in [0.4, 0.5) is 10.1 Å². The Bertz CT molecular complexity index is 905. The number of carbonyl (C=O) groups excluding carboxylic acids is 1. The lowest BCUT2D eigenvalue weighted by Gasteiger charge is -2.11. The van der Waals surface area contributed by atoms with Crippen LogP contribution in [0.15, 0.2) is 52.4 Å². The Balaban J connectivity index is 1.94. The zero-order valence-corrected chi connectivity index (χ0v) is 11.7. The van der Waals surface area contributed by atoms with Gasteiger partial charge in [-0.15, -0.1) is 0 Å². The summed E-state index contributed by atoms with van der Waals surface area (Å²) >= 11 is 0. The first kappa shape index (κ1) is 14.2. The van der Waals surface area contributed by atoms with E-state index in [0.717, 1.165) is 24.3 Å². The smallest absolute Gasteiger partial charge is 0.277 e. The van der Waals surface area contributed by atoms with Crippen LogP contribution in [0.1, 0.15) is 15.9 Å². The first-order chi connectivity index (χ1) is 10.4. The lowest BCUT2D eigenvalue weighted by atomic mass is 10.1. The lowest BCUT2D eigenvalue weighted by Crippen LogP contribution is -2.17. The molecule has 0 saturated heterocycles. The van der Waals surface area contributed by atoms with E-state index in [-0.39, 0.29) is 21.7 Å². The van der Waals surface area contributed by atoms with Crippen molar-refractivity contribution in [3.05, 3.63) is 59.4 Å². The second kappa shape index (κ2) is 4.92. The Hall–Kier alpha value is -2.74. The maximum atomic E-state index is 12.8. The predicted molar refractivity (Wildman–Crippen MR) is 74.5 cm³/mol. The van der Waals surface area contributed by atoms with E-state index in [2.05, 4.69) is 9.71 Å². The molecule has 0 radical (unpaired) electrons. The van der Waals surface area contributed by atoms with E-state index in [0.29, 0.717) is 0 Å². The van der Waals surface area contributed by atoms with Gasteiger partial charge in [-0.25, -0.2) is 17.8 Å². The summed E-state index contributed by atoms with van der Waals surface area (Å²) in [7, 11) is -3.92. The molecule has 0 atom stereocenters. The summed E-state index contributed by atoms with van der Waals surface area (Å²) in [5.74, 6) is -1.90. The minimum absolute atomic E-state index is 0.0457. The molecule has 1 N–H and O–H groups in total. The molecule has 0 aromatic heterocycles. The van der Waals surface area contributed by atoms with Crippen LogP contribution in [0, 0.1) is 5.82 Å². The Morgan fingerprint density at radius 2 is 1.73 bits per heavy atom. The molecule has 0 fully saturated rings. The number of halogens is 1. The monoisotopic (exact) mass is 319 g/mol. The van der Waals surface area contributed by atoms with Crippen molar-refractivity contribution in [1.29, 1.82) is 0 Å². The number of nitrogens with one attached hydrogen (secondary N) is 1. The molecule has 2 aromatic carbocycles. The van der Waals surface area contributed by atoms with E-state index in [4.69, 9.17) is 0 Å². The van der Waals surface area contributed by atoms with Gasteiger partial charge < -0.3 is 5.11 Å². The van der Waals surface area contributed by atoms with Crippen molar-refractivity contribution in [3.63, 3.8) is 0 Å². The number of hydrogen-bond donors (Lipinski definition) is 1. The van der Waals surface area contributed by atoms with Gasteiger partial charge in [-0.2, -0.15) is 0 Å². The molecule has 1 heterocycles. The first-order valence-electron chi connectivity index (χ1n) is 6.10. The number of nitrogens with zero attached hydrogens (tertiary/aromatic N) is 1. The highest BCUT2D eigenvalue weighted by Crippen LogP contribution is 2.23. The summed E-state index contributed by atoms with van der Waals surface area (Å²) in [5, 5.41) is 11.5. The quantitative estimate of drug-likeness (QED) is 0.908. The summed E-state index contributed by atoms with van der Waals surface area (Å²) in [5.41, 5.74) is 0.292. The average Bonchev–Trinajstić information content (AvgIpc) is 2.74. The van der Waals surface area contributed by atoms with Crippen molar-refractivity contribution in [2.24, 2.45) is 4.99 Å². The van der Waals surface area contributed by atoms with Gasteiger partial charge in [0.25, 0.3) is 15.9 Å². The van der Waals surface area contributed by atoms with Crippen LogP contribution in [0.5, 0.6) is 0 Å². The number of hydrogen-bond acceptors (Lipinski definition) is 4. The molecule has 3 rings (SSSR count). The summed E-state index contributed by atoms with van der Waals surface area (Å²) in [6.45, 7) is 0. The van der Waals surface area contributed by atoms with Crippen molar-refractivity contribution in [2.75, 3.05) is 4.72 Å². The van der Waals surface area contributed by atoms with E-state index in [1.807, 2.05) is 0 Å². The molecular weight excluding hydrogens is 311 g/mol. The van der Waals surface area contributed by atoms with Crippen molar-refractivity contribution >= 4 is 27.5 Å². The fourth-order valence-corrected chi connectivity index (χ4v) is 3.06. The Kier molecular flexibility index (Phi) is 3.18. The highest BCUT2D eigenvalue weighted by Gasteiger charge is 2.20. The SMILES string of the molecule is O=C1N=C([O-])c2cc(NS(=O)(=O)c3ccc(F)cc3)ccc21. The number of amides is 1. The number of sulfonamides is 1. The molecule has 1 amide bonds. The first-order valence-corrected chi connectivity index (χ1v) is 7.58. The van der Waals surface area contributed by atoms with Crippen LogP contribution in [0.2, 0.25) is 0 Å². The van der Waals surface area contributed by atoms with E-state index in [1.54, 1.807) is 0 Å². The molecule has 0 bridgehead atoms. The molecular formula is C14H8FN2O4S-. The molecule has 0 saturated carbocycles. The van der Waals surface area contributed by atoms with E-state index in [1.165, 1.54) is 18.2 Å². The molecule has 6 nitrogen and oxygen atoms in total. The fraction of sp³-hybridized carbons (Fsp3) is 0. The minimum atomic E-state index is -3.92. The van der Waals surface area contributed by atoms with Gasteiger partial charge in [0.05, 0.1) is 4.90 Å². The number of anilines is 1. The van der Waals surface area contributed by atoms with Gasteiger partial charge in [-0.3, -0.25) is 9.52 Å². The molecule has 8 heteroatoms. The van der Waals surface area contributed by atoms with Gasteiger partial charge in [0, 0.05) is 16.8 Å². The van der Waals surface area contributed by atoms with E-state index < -0.39 is 27.6 Å². The number of rotatable bonds is 3. The zero-order valence-electron chi connectivity index (χ0n) is 10.9. The largest absolute Gasteiger partial charge is 0.858 e. The number of fused-ring (bicyclic) bond motifs is 1. The van der Waals surface area contributed by atoms with Crippen LogP contribution in [-0.2, 0) is 10.0 Å². The summed E-state index contributed by atoms with van der Waals surface area (Å²) < 4.78 is 39.4. The van der Waals surface area contributed by atoms with Crippen LogP contribution in [-0.4, -0.2) is 20.2 Å². The number of benzene rings is 2. The van der Waals surface area contributed by atoms with Crippen LogP contribution < -0.4 is 9.83 Å². The molecule has 2 aromatic rings. The maximum Gasteiger partial charge on any atom is 0.277 e. The number of aliphatic imine (C=N–C) groups is 1. The van der Waals surface area contributed by atoms with Crippen molar-refractivity contribution in [1.82, 2.24) is 0 Å². The lowest BCUT2D eigenvalue weighted by molar-refractivity contribution is -0.212. The Morgan fingerprint density at radius 3 is 2.41 bits per heavy atom. The molecule has 1 aliphatic rings. The van der Waals surface area contributed by atoms with E-state index >= 15 is 0 Å². The third kappa shape index (κ3) is 2.44. The summed E-state index contributed by atoms with van der Waals surface area (Å²) in [4.78, 5) is 14.5. The van der Waals surface area contributed by atoms with E-state index in [9.17, 15) is 22.7 Å². The molecule has 1 aliphatic heterocycles. The van der Waals surface area contributed by atoms with Crippen molar-refractivity contribution < 1.29 is 22.7 Å². The standard InChI is InChI=1S/C14H9FN2O4S/c15-8-1-4-10(5-2-8)22(20,21)17-9-3-6-11-12(7-9)14(19)16-13(11)18/h1-7,17H,(H,16,18,19)/p-1. The number of carbonyl (C=O) groups is 1. The third-order valence-corrected chi connectivity index (χ3v) is 4.46. The molecule has 112 valence electrons. The van der Waals surface area contributed by atoms with Gasteiger partial charge in [-0.1, -0.05) is 0 Å². The topological polar surface area (TPSA) is 98.7 Å². The maximum absolute atomic E-state index is 12.8. The molecule has 0 aliphatic carbocycles. The van der Waals surface area contributed by atoms with Gasteiger partial charge in [0.15, 0.2) is 0 Å². The fourth-order valence-electron chi connectivity index (χ4n) is 2.01. The molecule has 0 unspecified atom stereocenters. The average molecular weight is 319 g/mol. The van der Waals surface area contributed by atoms with Gasteiger partial charge >= 0.3 is 0 Å². The summed E-state index contributed by atoms with van der Waals surface area (Å²) in [6.07, 6.45) is 0. The molecule has 0 spiro atoms. The van der Waals surface area contributed by atoms with Crippen molar-refractivity contribution in [2.45, 2.75) is 4.90 Å². The van der Waals surface area contributed by atoms with Crippen LogP contribution in [0.25, 0.3) is 0 Å². The normalized spacial score (nSPS) is 13.7. The highest BCUT2D eigenvalue weighted by atomic mass is 32.2. The second-order valence-corrected chi connectivity index (χ2v) is 6.22. The van der Waals surface area contributed by atoms with Gasteiger partial charge in [-0.05, 0) is 48.4 Å². The van der Waals surface area contributed by atoms with Gasteiger partial charge in [0.2, 0.25) is 0 Å². The minimum Gasteiger partial charge on any atom is -0.858 e.